The van der Waals surface area contributed by atoms with Gasteiger partial charge in [-0.05, 0) is 31.4 Å². The third-order valence-electron chi connectivity index (χ3n) is 4.84. The first-order valence-electron chi connectivity index (χ1n) is 8.01. The maximum absolute atomic E-state index is 12.8. The van der Waals surface area contributed by atoms with Crippen molar-refractivity contribution in [3.63, 3.8) is 0 Å². The highest BCUT2D eigenvalue weighted by atomic mass is 16.5. The summed E-state index contributed by atoms with van der Waals surface area (Å²) in [6.07, 6.45) is 5.85. The first-order valence-corrected chi connectivity index (χ1v) is 8.01. The topological polar surface area (TPSA) is 42.4 Å². The lowest BCUT2D eigenvalue weighted by atomic mass is 9.73. The normalized spacial score (nSPS) is 21.9. The lowest BCUT2D eigenvalue weighted by molar-refractivity contribution is -0.152. The van der Waals surface area contributed by atoms with Crippen LogP contribution in [0.1, 0.15) is 44.2 Å². The molecule has 0 saturated carbocycles. The number of carbonyl (C=O) groups is 1. The molecule has 4 nitrogen and oxygen atoms in total. The summed E-state index contributed by atoms with van der Waals surface area (Å²) in [6, 6.07) is 5.84. The van der Waals surface area contributed by atoms with E-state index in [1.54, 1.807) is 6.20 Å². The smallest absolute Gasteiger partial charge is 0.231 e. The fraction of sp³-hybridized carbons (Fsp3) is 0.647. The summed E-state index contributed by atoms with van der Waals surface area (Å²) >= 11 is 0. The minimum Gasteiger partial charge on any atom is -0.381 e. The molecular formula is C17H24N2O2. The van der Waals surface area contributed by atoms with Gasteiger partial charge in [0.05, 0.1) is 11.6 Å². The maximum atomic E-state index is 12.8. The molecule has 2 fully saturated rings. The summed E-state index contributed by atoms with van der Waals surface area (Å²) in [7, 11) is 0. The number of amides is 1. The molecule has 1 spiro atoms. The van der Waals surface area contributed by atoms with Crippen LogP contribution in [0.15, 0.2) is 24.4 Å². The van der Waals surface area contributed by atoms with Crippen molar-refractivity contribution in [1.29, 1.82) is 0 Å². The Kier molecular flexibility index (Phi) is 4.24. The number of rotatable bonds is 4. The van der Waals surface area contributed by atoms with E-state index in [0.717, 1.165) is 57.7 Å². The zero-order valence-corrected chi connectivity index (χ0v) is 12.8. The molecule has 0 radical (unpaired) electrons. The average molecular weight is 288 g/mol. The van der Waals surface area contributed by atoms with Gasteiger partial charge in [0, 0.05) is 37.9 Å². The molecule has 1 aromatic rings. The fourth-order valence-corrected chi connectivity index (χ4v) is 3.53. The van der Waals surface area contributed by atoms with Crippen molar-refractivity contribution in [2.24, 2.45) is 5.41 Å². The van der Waals surface area contributed by atoms with E-state index in [4.69, 9.17) is 4.74 Å². The number of ether oxygens (including phenoxy) is 1. The quantitative estimate of drug-likeness (QED) is 0.855. The van der Waals surface area contributed by atoms with E-state index in [1.165, 1.54) is 0 Å². The van der Waals surface area contributed by atoms with Crippen molar-refractivity contribution in [3.8, 4) is 0 Å². The summed E-state index contributed by atoms with van der Waals surface area (Å²) in [5.41, 5.74) is 1.26. The van der Waals surface area contributed by atoms with Crippen LogP contribution in [0.2, 0.25) is 0 Å². The van der Waals surface area contributed by atoms with Gasteiger partial charge in [-0.25, -0.2) is 0 Å². The van der Waals surface area contributed by atoms with Crippen LogP contribution in [0, 0.1) is 5.41 Å². The Bertz CT molecular complexity index is 475. The highest BCUT2D eigenvalue weighted by molar-refractivity contribution is 5.84. The van der Waals surface area contributed by atoms with E-state index in [9.17, 15) is 4.79 Å². The zero-order chi connectivity index (χ0) is 14.7. The van der Waals surface area contributed by atoms with Crippen molar-refractivity contribution in [1.82, 2.24) is 9.88 Å². The van der Waals surface area contributed by atoms with Crippen LogP contribution >= 0.6 is 0 Å². The van der Waals surface area contributed by atoms with Gasteiger partial charge in [-0.2, -0.15) is 0 Å². The van der Waals surface area contributed by atoms with Gasteiger partial charge in [-0.1, -0.05) is 19.4 Å². The van der Waals surface area contributed by atoms with Gasteiger partial charge in [0.2, 0.25) is 5.91 Å². The molecule has 1 atom stereocenters. The second-order valence-corrected chi connectivity index (χ2v) is 6.40. The molecule has 21 heavy (non-hydrogen) atoms. The molecule has 0 N–H and O–H groups in total. The third kappa shape index (κ3) is 2.95. The molecule has 0 bridgehead atoms. The van der Waals surface area contributed by atoms with Gasteiger partial charge in [0.15, 0.2) is 0 Å². The van der Waals surface area contributed by atoms with Gasteiger partial charge in [0.25, 0.3) is 0 Å². The standard InChI is InChI=1S/C17H24N2O2/c1-2-5-14(15-6-3-4-9-18-15)16(20)19-12-17(13-19)7-10-21-11-8-17/h3-4,6,9,14H,2,5,7-8,10-13H2,1H3. The molecular weight excluding hydrogens is 264 g/mol. The predicted molar refractivity (Wildman–Crippen MR) is 81.0 cm³/mol. The Labute approximate surface area is 126 Å². The van der Waals surface area contributed by atoms with Gasteiger partial charge >= 0.3 is 0 Å². The summed E-state index contributed by atoms with van der Waals surface area (Å²) in [5, 5.41) is 0. The molecule has 1 amide bonds. The van der Waals surface area contributed by atoms with Crippen LogP contribution in [0.3, 0.4) is 0 Å². The van der Waals surface area contributed by atoms with E-state index < -0.39 is 0 Å². The SMILES string of the molecule is CCCC(C(=O)N1CC2(CCOCC2)C1)c1ccccn1. The number of carbonyl (C=O) groups excluding carboxylic acids is 1. The summed E-state index contributed by atoms with van der Waals surface area (Å²) in [4.78, 5) is 19.2. The number of aromatic nitrogens is 1. The average Bonchev–Trinajstić information content (AvgIpc) is 2.51. The molecule has 0 aliphatic carbocycles. The van der Waals surface area contributed by atoms with Crippen LogP contribution in [0.25, 0.3) is 0 Å². The number of likely N-dealkylation sites (tertiary alicyclic amines) is 1. The monoisotopic (exact) mass is 288 g/mol. The number of hydrogen-bond donors (Lipinski definition) is 0. The minimum atomic E-state index is -0.0756. The molecule has 4 heteroatoms. The Morgan fingerprint density at radius 2 is 2.14 bits per heavy atom. The first-order chi connectivity index (χ1) is 10.2. The van der Waals surface area contributed by atoms with Crippen LogP contribution in [-0.2, 0) is 9.53 Å². The Morgan fingerprint density at radius 3 is 2.76 bits per heavy atom. The number of nitrogens with zero attached hydrogens (tertiary/aromatic N) is 2. The summed E-state index contributed by atoms with van der Waals surface area (Å²) < 4.78 is 5.44. The van der Waals surface area contributed by atoms with Gasteiger partial charge in [-0.15, -0.1) is 0 Å². The van der Waals surface area contributed by atoms with Crippen molar-refractivity contribution in [2.45, 2.75) is 38.5 Å². The zero-order valence-electron chi connectivity index (χ0n) is 12.8. The molecule has 0 aromatic carbocycles. The first kappa shape index (κ1) is 14.5. The van der Waals surface area contributed by atoms with Crippen LogP contribution in [0.5, 0.6) is 0 Å². The molecule has 3 heterocycles. The van der Waals surface area contributed by atoms with E-state index in [0.29, 0.717) is 5.41 Å². The van der Waals surface area contributed by atoms with Crippen molar-refractivity contribution in [2.75, 3.05) is 26.3 Å². The molecule has 2 saturated heterocycles. The van der Waals surface area contributed by atoms with Crippen molar-refractivity contribution < 1.29 is 9.53 Å². The molecule has 2 aliphatic rings. The highest BCUT2D eigenvalue weighted by Crippen LogP contribution is 2.41. The Hall–Kier alpha value is -1.42. The maximum Gasteiger partial charge on any atom is 0.231 e. The second-order valence-electron chi connectivity index (χ2n) is 6.40. The molecule has 1 unspecified atom stereocenters. The van der Waals surface area contributed by atoms with Gasteiger partial charge in [0.1, 0.15) is 0 Å². The largest absolute Gasteiger partial charge is 0.381 e. The van der Waals surface area contributed by atoms with E-state index in [1.807, 2.05) is 23.1 Å². The molecule has 114 valence electrons. The van der Waals surface area contributed by atoms with Crippen molar-refractivity contribution in [3.05, 3.63) is 30.1 Å². The third-order valence-corrected chi connectivity index (χ3v) is 4.84. The van der Waals surface area contributed by atoms with Crippen LogP contribution in [-0.4, -0.2) is 42.1 Å². The minimum absolute atomic E-state index is 0.0756. The fourth-order valence-electron chi connectivity index (χ4n) is 3.53. The van der Waals surface area contributed by atoms with E-state index >= 15 is 0 Å². The Balaban J connectivity index is 1.66. The number of hydrogen-bond acceptors (Lipinski definition) is 3. The summed E-state index contributed by atoms with van der Waals surface area (Å²) in [6.45, 7) is 5.63. The van der Waals surface area contributed by atoms with Gasteiger partial charge in [-0.3, -0.25) is 9.78 Å². The predicted octanol–water partition coefficient (Wildman–Crippen LogP) is 2.60. The van der Waals surface area contributed by atoms with Gasteiger partial charge < -0.3 is 9.64 Å². The van der Waals surface area contributed by atoms with E-state index in [2.05, 4.69) is 11.9 Å². The molecule has 1 aromatic heterocycles. The lowest BCUT2D eigenvalue weighted by Crippen LogP contribution is -2.61. The van der Waals surface area contributed by atoms with Crippen molar-refractivity contribution >= 4 is 5.91 Å². The Morgan fingerprint density at radius 1 is 1.38 bits per heavy atom. The van der Waals surface area contributed by atoms with Crippen LogP contribution < -0.4 is 0 Å². The summed E-state index contributed by atoms with van der Waals surface area (Å²) in [5.74, 6) is 0.182. The second kappa shape index (κ2) is 6.14. The number of pyridine rings is 1. The van der Waals surface area contributed by atoms with Crippen LogP contribution in [0.4, 0.5) is 0 Å². The van der Waals surface area contributed by atoms with E-state index in [-0.39, 0.29) is 11.8 Å². The highest BCUT2D eigenvalue weighted by Gasteiger charge is 2.47. The molecule has 2 aliphatic heterocycles. The lowest BCUT2D eigenvalue weighted by Gasteiger charge is -2.52. The molecule has 3 rings (SSSR count).